The predicted molar refractivity (Wildman–Crippen MR) is 80.7 cm³/mol. The molecule has 0 saturated carbocycles. The largest absolute Gasteiger partial charge is 0.456 e. The summed E-state index contributed by atoms with van der Waals surface area (Å²) in [6, 6.07) is 17.0. The second kappa shape index (κ2) is 5.32. The van der Waals surface area contributed by atoms with E-state index in [9.17, 15) is 0 Å². The Morgan fingerprint density at radius 2 is 2.00 bits per heavy atom. The average molecular weight is 325 g/mol. The zero-order valence-corrected chi connectivity index (χ0v) is 12.0. The summed E-state index contributed by atoms with van der Waals surface area (Å²) in [5, 5.41) is 10.2. The van der Waals surface area contributed by atoms with E-state index in [1.54, 1.807) is 18.3 Å². The van der Waals surface area contributed by atoms with Crippen LogP contribution in [-0.4, -0.2) is 4.98 Å². The Labute approximate surface area is 124 Å². The number of halogens is 1. The van der Waals surface area contributed by atoms with Crippen LogP contribution in [0.3, 0.4) is 0 Å². The molecule has 0 atom stereocenters. The number of ether oxygens (including phenoxy) is 1. The molecule has 96 valence electrons. The van der Waals surface area contributed by atoms with Crippen molar-refractivity contribution in [2.24, 2.45) is 0 Å². The van der Waals surface area contributed by atoms with Crippen molar-refractivity contribution in [3.8, 4) is 17.6 Å². The Morgan fingerprint density at radius 1 is 1.10 bits per heavy atom. The summed E-state index contributed by atoms with van der Waals surface area (Å²) in [5.41, 5.74) is 1.35. The number of hydrogen-bond acceptors (Lipinski definition) is 3. The van der Waals surface area contributed by atoms with Gasteiger partial charge in [-0.2, -0.15) is 5.26 Å². The minimum absolute atomic E-state index is 0.495. The number of hydrogen-bond donors (Lipinski definition) is 0. The number of rotatable bonds is 2. The second-order valence-corrected chi connectivity index (χ2v) is 5.13. The van der Waals surface area contributed by atoms with E-state index in [0.717, 1.165) is 15.4 Å². The highest BCUT2D eigenvalue weighted by Gasteiger charge is 2.06. The molecule has 0 spiro atoms. The molecule has 0 aliphatic rings. The van der Waals surface area contributed by atoms with Crippen molar-refractivity contribution in [3.63, 3.8) is 0 Å². The molecule has 0 amide bonds. The van der Waals surface area contributed by atoms with E-state index >= 15 is 0 Å². The van der Waals surface area contributed by atoms with Gasteiger partial charge in [0.05, 0.1) is 11.1 Å². The highest BCUT2D eigenvalue weighted by atomic mass is 79.9. The van der Waals surface area contributed by atoms with Crippen molar-refractivity contribution in [2.75, 3.05) is 0 Å². The van der Waals surface area contributed by atoms with E-state index in [0.29, 0.717) is 17.1 Å². The van der Waals surface area contributed by atoms with E-state index in [1.165, 1.54) is 0 Å². The van der Waals surface area contributed by atoms with Crippen LogP contribution in [0.25, 0.3) is 10.9 Å². The zero-order chi connectivity index (χ0) is 13.9. The lowest BCUT2D eigenvalue weighted by Gasteiger charge is -2.08. The van der Waals surface area contributed by atoms with Crippen molar-refractivity contribution in [3.05, 3.63) is 64.8 Å². The highest BCUT2D eigenvalue weighted by Crippen LogP contribution is 2.29. The first-order valence-corrected chi connectivity index (χ1v) is 6.78. The molecule has 3 rings (SSSR count). The standard InChI is InChI=1S/C16H9BrN2O/c17-13-5-3-12(10-18)16(8-13)20-14-6-4-11-2-1-7-19-15(11)9-14/h1-9H. The molecule has 0 unspecified atom stereocenters. The van der Waals surface area contributed by atoms with Gasteiger partial charge in [0.1, 0.15) is 17.6 Å². The smallest absolute Gasteiger partial charge is 0.146 e. The van der Waals surface area contributed by atoms with Crippen LogP contribution < -0.4 is 4.74 Å². The van der Waals surface area contributed by atoms with Crippen molar-refractivity contribution >= 4 is 26.8 Å². The number of aromatic nitrogens is 1. The lowest BCUT2D eigenvalue weighted by atomic mass is 10.2. The summed E-state index contributed by atoms with van der Waals surface area (Å²) in [6.07, 6.45) is 1.74. The SMILES string of the molecule is N#Cc1ccc(Br)cc1Oc1ccc2cccnc2c1. The highest BCUT2D eigenvalue weighted by molar-refractivity contribution is 9.10. The summed E-state index contributed by atoms with van der Waals surface area (Å²) < 4.78 is 6.66. The lowest BCUT2D eigenvalue weighted by molar-refractivity contribution is 0.481. The van der Waals surface area contributed by atoms with Gasteiger partial charge in [-0.25, -0.2) is 0 Å². The average Bonchev–Trinajstić information content (AvgIpc) is 2.47. The van der Waals surface area contributed by atoms with Crippen LogP contribution >= 0.6 is 15.9 Å². The topological polar surface area (TPSA) is 45.9 Å². The van der Waals surface area contributed by atoms with Gasteiger partial charge in [0, 0.05) is 22.1 Å². The van der Waals surface area contributed by atoms with E-state index < -0.39 is 0 Å². The normalized spacial score (nSPS) is 10.2. The second-order valence-electron chi connectivity index (χ2n) is 4.21. The number of fused-ring (bicyclic) bond motifs is 1. The van der Waals surface area contributed by atoms with Gasteiger partial charge < -0.3 is 4.74 Å². The predicted octanol–water partition coefficient (Wildman–Crippen LogP) is 4.66. The zero-order valence-electron chi connectivity index (χ0n) is 10.4. The number of nitriles is 1. The third-order valence-electron chi connectivity index (χ3n) is 2.87. The van der Waals surface area contributed by atoms with E-state index in [1.807, 2.05) is 36.4 Å². The van der Waals surface area contributed by atoms with Gasteiger partial charge >= 0.3 is 0 Å². The first-order chi connectivity index (χ1) is 9.76. The minimum atomic E-state index is 0.495. The minimum Gasteiger partial charge on any atom is -0.456 e. The van der Waals surface area contributed by atoms with Crippen molar-refractivity contribution in [2.45, 2.75) is 0 Å². The summed E-state index contributed by atoms with van der Waals surface area (Å²) in [4.78, 5) is 4.29. The van der Waals surface area contributed by atoms with Crippen LogP contribution in [0, 0.1) is 11.3 Å². The lowest BCUT2D eigenvalue weighted by Crippen LogP contribution is -1.89. The van der Waals surface area contributed by atoms with Crippen LogP contribution in [0.5, 0.6) is 11.5 Å². The fourth-order valence-electron chi connectivity index (χ4n) is 1.91. The van der Waals surface area contributed by atoms with Crippen LogP contribution in [-0.2, 0) is 0 Å². The molecule has 4 heteroatoms. The summed E-state index contributed by atoms with van der Waals surface area (Å²) in [6.45, 7) is 0. The van der Waals surface area contributed by atoms with E-state index in [4.69, 9.17) is 10.00 Å². The van der Waals surface area contributed by atoms with Gasteiger partial charge in [0.15, 0.2) is 0 Å². The van der Waals surface area contributed by atoms with E-state index in [-0.39, 0.29) is 0 Å². The molecule has 2 aromatic carbocycles. The Kier molecular flexibility index (Phi) is 3.36. The van der Waals surface area contributed by atoms with Gasteiger partial charge in [-0.1, -0.05) is 22.0 Å². The van der Waals surface area contributed by atoms with Crippen LogP contribution in [0.4, 0.5) is 0 Å². The molecule has 3 nitrogen and oxygen atoms in total. The van der Waals surface area contributed by atoms with Gasteiger partial charge in [-0.3, -0.25) is 4.98 Å². The summed E-state index contributed by atoms with van der Waals surface area (Å²) >= 11 is 3.38. The molecular formula is C16H9BrN2O. The van der Waals surface area contributed by atoms with Crippen molar-refractivity contribution in [1.29, 1.82) is 5.26 Å². The van der Waals surface area contributed by atoms with Gasteiger partial charge in [0.25, 0.3) is 0 Å². The molecule has 0 saturated heterocycles. The quantitative estimate of drug-likeness (QED) is 0.688. The summed E-state index contributed by atoms with van der Waals surface area (Å²) in [5.74, 6) is 1.18. The monoisotopic (exact) mass is 324 g/mol. The molecular weight excluding hydrogens is 316 g/mol. The van der Waals surface area contributed by atoms with E-state index in [2.05, 4.69) is 27.0 Å². The molecule has 0 fully saturated rings. The van der Waals surface area contributed by atoms with Gasteiger partial charge in [0.2, 0.25) is 0 Å². The number of nitrogens with zero attached hydrogens (tertiary/aromatic N) is 2. The van der Waals surface area contributed by atoms with Gasteiger partial charge in [-0.05, 0) is 36.4 Å². The van der Waals surface area contributed by atoms with Crippen LogP contribution in [0.2, 0.25) is 0 Å². The molecule has 1 aromatic heterocycles. The van der Waals surface area contributed by atoms with Crippen molar-refractivity contribution < 1.29 is 4.74 Å². The Bertz CT molecular complexity index is 824. The maximum atomic E-state index is 9.10. The molecule has 20 heavy (non-hydrogen) atoms. The number of pyridine rings is 1. The first kappa shape index (κ1) is 12.6. The molecule has 0 N–H and O–H groups in total. The van der Waals surface area contributed by atoms with Crippen LogP contribution in [0.1, 0.15) is 5.56 Å². The summed E-state index contributed by atoms with van der Waals surface area (Å²) in [7, 11) is 0. The number of benzene rings is 2. The van der Waals surface area contributed by atoms with Crippen LogP contribution in [0.15, 0.2) is 59.2 Å². The fraction of sp³-hybridized carbons (Fsp3) is 0. The molecule has 1 heterocycles. The maximum absolute atomic E-state index is 9.10. The first-order valence-electron chi connectivity index (χ1n) is 5.98. The fourth-order valence-corrected chi connectivity index (χ4v) is 2.25. The Hall–Kier alpha value is -2.38. The molecule has 0 bridgehead atoms. The molecule has 0 aliphatic carbocycles. The van der Waals surface area contributed by atoms with Gasteiger partial charge in [-0.15, -0.1) is 0 Å². The third kappa shape index (κ3) is 2.49. The Balaban J connectivity index is 2.01. The van der Waals surface area contributed by atoms with Crippen molar-refractivity contribution in [1.82, 2.24) is 4.98 Å². The third-order valence-corrected chi connectivity index (χ3v) is 3.36. The maximum Gasteiger partial charge on any atom is 0.146 e. The molecule has 3 aromatic rings. The Morgan fingerprint density at radius 3 is 2.85 bits per heavy atom. The molecule has 0 radical (unpaired) electrons. The molecule has 0 aliphatic heterocycles.